The van der Waals surface area contributed by atoms with E-state index in [4.69, 9.17) is 11.6 Å². The van der Waals surface area contributed by atoms with Crippen LogP contribution in [0.25, 0.3) is 0 Å². The first-order valence-corrected chi connectivity index (χ1v) is 10.9. The van der Waals surface area contributed by atoms with Crippen molar-refractivity contribution in [2.75, 3.05) is 6.54 Å². The second-order valence-corrected chi connectivity index (χ2v) is 7.95. The van der Waals surface area contributed by atoms with Crippen molar-refractivity contribution in [3.63, 3.8) is 0 Å². The van der Waals surface area contributed by atoms with Crippen LogP contribution in [0, 0.1) is 5.82 Å². The molecule has 0 saturated carbocycles. The lowest BCUT2D eigenvalue weighted by molar-refractivity contribution is -0.140. The average molecular weight is 453 g/mol. The van der Waals surface area contributed by atoms with Crippen LogP contribution in [-0.4, -0.2) is 29.3 Å². The normalized spacial score (nSPS) is 11.6. The second kappa shape index (κ2) is 11.4. The van der Waals surface area contributed by atoms with Crippen LogP contribution < -0.4 is 5.32 Å². The van der Waals surface area contributed by atoms with Gasteiger partial charge in [0.2, 0.25) is 11.8 Å². The Balaban J connectivity index is 1.95. The van der Waals surface area contributed by atoms with E-state index >= 15 is 0 Å². The van der Waals surface area contributed by atoms with Crippen LogP contribution in [-0.2, 0) is 29.0 Å². The number of amides is 2. The van der Waals surface area contributed by atoms with Crippen LogP contribution in [0.2, 0.25) is 5.02 Å². The summed E-state index contributed by atoms with van der Waals surface area (Å²) in [7, 11) is 0. The van der Waals surface area contributed by atoms with Gasteiger partial charge in [0.15, 0.2) is 0 Å². The average Bonchev–Trinajstić information content (AvgIpc) is 2.79. The molecule has 0 spiro atoms. The molecule has 0 heterocycles. The number of halogens is 2. The quantitative estimate of drug-likeness (QED) is 0.507. The summed E-state index contributed by atoms with van der Waals surface area (Å²) in [6.45, 7) is 2.49. The summed E-state index contributed by atoms with van der Waals surface area (Å²) in [5.41, 5.74) is 2.06. The highest BCUT2D eigenvalue weighted by Crippen LogP contribution is 2.19. The van der Waals surface area contributed by atoms with Gasteiger partial charge < -0.3 is 10.2 Å². The molecule has 0 aliphatic heterocycles. The van der Waals surface area contributed by atoms with Gasteiger partial charge in [0.1, 0.15) is 11.9 Å². The molecule has 0 saturated heterocycles. The van der Waals surface area contributed by atoms with E-state index in [0.717, 1.165) is 11.1 Å². The van der Waals surface area contributed by atoms with E-state index in [0.29, 0.717) is 23.6 Å². The van der Waals surface area contributed by atoms with Crippen LogP contribution in [0.5, 0.6) is 0 Å². The van der Waals surface area contributed by atoms with E-state index in [-0.39, 0.29) is 24.8 Å². The van der Waals surface area contributed by atoms with Gasteiger partial charge in [-0.2, -0.15) is 0 Å². The van der Waals surface area contributed by atoms with Crippen molar-refractivity contribution in [2.45, 2.75) is 32.4 Å². The molecule has 0 aromatic heterocycles. The minimum Gasteiger partial charge on any atom is -0.355 e. The van der Waals surface area contributed by atoms with Crippen LogP contribution in [0.4, 0.5) is 4.39 Å². The number of nitrogens with zero attached hydrogens (tertiary/aromatic N) is 1. The molecule has 1 atom stereocenters. The summed E-state index contributed by atoms with van der Waals surface area (Å²) >= 11 is 6.01. The molecule has 0 aliphatic carbocycles. The number of carbonyl (C=O) groups is 2. The zero-order chi connectivity index (χ0) is 22.9. The summed E-state index contributed by atoms with van der Waals surface area (Å²) in [6.07, 6.45) is 0.217. The van der Waals surface area contributed by atoms with E-state index in [9.17, 15) is 14.0 Å². The number of carbonyl (C=O) groups excluding carboxylic acids is 2. The van der Waals surface area contributed by atoms with Gasteiger partial charge in [-0.3, -0.25) is 9.59 Å². The SMILES string of the molecule is CCNC(=O)C(Cc1ccccc1)N(Cc1ccc(Cl)cc1)C(=O)Cc1ccccc1F. The Kier molecular flexibility index (Phi) is 8.40. The third-order valence-electron chi connectivity index (χ3n) is 5.19. The van der Waals surface area contributed by atoms with Crippen molar-refractivity contribution in [3.05, 3.63) is 106 Å². The molecule has 3 rings (SSSR count). The molecule has 1 unspecified atom stereocenters. The van der Waals surface area contributed by atoms with Crippen molar-refractivity contribution >= 4 is 23.4 Å². The van der Waals surface area contributed by atoms with E-state index in [1.54, 1.807) is 30.3 Å². The number of benzene rings is 3. The first-order chi connectivity index (χ1) is 15.5. The molecule has 32 heavy (non-hydrogen) atoms. The third-order valence-corrected chi connectivity index (χ3v) is 5.44. The van der Waals surface area contributed by atoms with E-state index in [1.807, 2.05) is 49.4 Å². The fourth-order valence-electron chi connectivity index (χ4n) is 3.54. The molecule has 3 aromatic rings. The zero-order valence-corrected chi connectivity index (χ0v) is 18.7. The Bertz CT molecular complexity index is 1040. The van der Waals surface area contributed by atoms with E-state index < -0.39 is 11.9 Å². The van der Waals surface area contributed by atoms with Gasteiger partial charge in [-0.05, 0) is 41.8 Å². The number of hydrogen-bond acceptors (Lipinski definition) is 2. The molecular formula is C26H26ClFN2O2. The smallest absolute Gasteiger partial charge is 0.243 e. The molecule has 2 amide bonds. The largest absolute Gasteiger partial charge is 0.355 e. The summed E-state index contributed by atoms with van der Waals surface area (Å²) in [6, 6.07) is 22.1. The third kappa shape index (κ3) is 6.41. The maximum absolute atomic E-state index is 14.2. The van der Waals surface area contributed by atoms with Gasteiger partial charge in [0, 0.05) is 24.5 Å². The Morgan fingerprint density at radius 1 is 0.938 bits per heavy atom. The first-order valence-electron chi connectivity index (χ1n) is 10.6. The van der Waals surface area contributed by atoms with Gasteiger partial charge in [0.25, 0.3) is 0 Å². The highest BCUT2D eigenvalue weighted by molar-refractivity contribution is 6.30. The molecule has 0 aliphatic rings. The molecule has 3 aromatic carbocycles. The summed E-state index contributed by atoms with van der Waals surface area (Å²) in [5, 5.41) is 3.43. The highest BCUT2D eigenvalue weighted by Gasteiger charge is 2.30. The van der Waals surface area contributed by atoms with Crippen LogP contribution in [0.1, 0.15) is 23.6 Å². The van der Waals surface area contributed by atoms with Crippen molar-refractivity contribution in [2.24, 2.45) is 0 Å². The van der Waals surface area contributed by atoms with Crippen molar-refractivity contribution in [1.29, 1.82) is 0 Å². The minimum absolute atomic E-state index is 0.134. The number of nitrogens with one attached hydrogen (secondary N) is 1. The second-order valence-electron chi connectivity index (χ2n) is 7.52. The zero-order valence-electron chi connectivity index (χ0n) is 17.9. The Morgan fingerprint density at radius 2 is 1.59 bits per heavy atom. The van der Waals surface area contributed by atoms with Gasteiger partial charge in [-0.1, -0.05) is 72.3 Å². The molecule has 4 nitrogen and oxygen atoms in total. The van der Waals surface area contributed by atoms with Crippen LogP contribution in [0.15, 0.2) is 78.9 Å². The molecule has 166 valence electrons. The number of hydrogen-bond donors (Lipinski definition) is 1. The molecule has 0 radical (unpaired) electrons. The highest BCUT2D eigenvalue weighted by atomic mass is 35.5. The topological polar surface area (TPSA) is 49.4 Å². The Morgan fingerprint density at radius 3 is 2.25 bits per heavy atom. The summed E-state index contributed by atoms with van der Waals surface area (Å²) < 4.78 is 14.2. The lowest BCUT2D eigenvalue weighted by Gasteiger charge is -2.31. The van der Waals surface area contributed by atoms with Gasteiger partial charge in [-0.15, -0.1) is 0 Å². The molecule has 0 bridgehead atoms. The van der Waals surface area contributed by atoms with E-state index in [2.05, 4.69) is 5.32 Å². The summed E-state index contributed by atoms with van der Waals surface area (Å²) in [5.74, 6) is -1.01. The Hall–Kier alpha value is -3.18. The fraction of sp³-hybridized carbons (Fsp3) is 0.231. The first kappa shape index (κ1) is 23.5. The maximum Gasteiger partial charge on any atom is 0.243 e. The molecule has 0 fully saturated rings. The fourth-order valence-corrected chi connectivity index (χ4v) is 3.66. The van der Waals surface area contributed by atoms with E-state index in [1.165, 1.54) is 11.0 Å². The molecular weight excluding hydrogens is 427 g/mol. The monoisotopic (exact) mass is 452 g/mol. The van der Waals surface area contributed by atoms with Gasteiger partial charge in [0.05, 0.1) is 6.42 Å². The minimum atomic E-state index is -0.743. The lowest BCUT2D eigenvalue weighted by atomic mass is 10.0. The maximum atomic E-state index is 14.2. The van der Waals surface area contributed by atoms with Gasteiger partial charge >= 0.3 is 0 Å². The number of likely N-dealkylation sites (N-methyl/N-ethyl adjacent to an activating group) is 1. The Labute approximate surface area is 193 Å². The van der Waals surface area contributed by atoms with Gasteiger partial charge in [-0.25, -0.2) is 4.39 Å². The van der Waals surface area contributed by atoms with Crippen molar-refractivity contribution in [3.8, 4) is 0 Å². The lowest BCUT2D eigenvalue weighted by Crippen LogP contribution is -2.51. The van der Waals surface area contributed by atoms with Crippen molar-refractivity contribution in [1.82, 2.24) is 10.2 Å². The summed E-state index contributed by atoms with van der Waals surface area (Å²) in [4.78, 5) is 28.0. The predicted octanol–water partition coefficient (Wildman–Crippen LogP) is 4.80. The standard InChI is InChI=1S/C26H26ClFN2O2/c1-2-29-26(32)24(16-19-8-4-3-5-9-19)30(18-20-12-14-22(27)15-13-20)25(31)17-21-10-6-7-11-23(21)28/h3-15,24H,2,16-18H2,1H3,(H,29,32). The number of rotatable bonds is 9. The van der Waals surface area contributed by atoms with Crippen molar-refractivity contribution < 1.29 is 14.0 Å². The molecule has 1 N–H and O–H groups in total. The predicted molar refractivity (Wildman–Crippen MR) is 125 cm³/mol. The molecule has 6 heteroatoms. The van der Waals surface area contributed by atoms with Crippen LogP contribution in [0.3, 0.4) is 0 Å². The van der Waals surface area contributed by atoms with Crippen LogP contribution >= 0.6 is 11.6 Å².